The highest BCUT2D eigenvalue weighted by atomic mass is 16.1. The molecule has 3 aromatic carbocycles. The molecule has 3 heterocycles. The van der Waals surface area contributed by atoms with Gasteiger partial charge in [-0.15, -0.1) is 0 Å². The number of benzene rings is 3. The molecule has 206 valence electrons. The van der Waals surface area contributed by atoms with Crippen LogP contribution in [0.25, 0.3) is 22.3 Å². The molecule has 0 bridgehead atoms. The Kier molecular flexibility index (Phi) is 7.29. The second-order valence-corrected chi connectivity index (χ2v) is 9.92. The fraction of sp³-hybridized carbons (Fsp3) is 0.161. The lowest BCUT2D eigenvalue weighted by molar-refractivity contribution is -0.111. The molecule has 5 aromatic rings. The fourth-order valence-corrected chi connectivity index (χ4v) is 4.86. The lowest BCUT2D eigenvalue weighted by Crippen LogP contribution is -2.44. The molecule has 0 atom stereocenters. The molecule has 0 spiro atoms. The predicted octanol–water partition coefficient (Wildman–Crippen LogP) is 5.38. The first-order valence-electron chi connectivity index (χ1n) is 13.5. The van der Waals surface area contributed by atoms with E-state index in [1.54, 1.807) is 0 Å². The van der Waals surface area contributed by atoms with Gasteiger partial charge in [-0.2, -0.15) is 10.1 Å². The molecule has 1 aliphatic rings. The summed E-state index contributed by atoms with van der Waals surface area (Å²) in [6.45, 7) is 7.58. The van der Waals surface area contributed by atoms with Crippen molar-refractivity contribution < 1.29 is 4.79 Å². The van der Waals surface area contributed by atoms with Crippen molar-refractivity contribution in [3.8, 4) is 11.3 Å². The number of amides is 1. The number of nitrogens with zero attached hydrogens (tertiary/aromatic N) is 5. The summed E-state index contributed by atoms with van der Waals surface area (Å²) in [5, 5.41) is 17.9. The van der Waals surface area contributed by atoms with E-state index >= 15 is 0 Å². The third-order valence-corrected chi connectivity index (χ3v) is 7.02. The molecule has 4 N–H and O–H groups in total. The SMILES string of the molecule is C=CC(=O)Nc1cccc(-c2nc(Nc3cccc(N4CCN(C)CC4)c3)nc3[nH]nc(Nc4ccccc4)c23)c1. The number of hydrogen-bond donors (Lipinski definition) is 4. The minimum atomic E-state index is -0.285. The van der Waals surface area contributed by atoms with Crippen LogP contribution in [0.4, 0.5) is 34.5 Å². The molecule has 6 rings (SSSR count). The van der Waals surface area contributed by atoms with Gasteiger partial charge in [-0.1, -0.05) is 43.0 Å². The van der Waals surface area contributed by atoms with E-state index in [-0.39, 0.29) is 5.91 Å². The van der Waals surface area contributed by atoms with Crippen LogP contribution in [-0.4, -0.2) is 64.2 Å². The zero-order chi connectivity index (χ0) is 28.2. The average Bonchev–Trinajstić information content (AvgIpc) is 3.40. The van der Waals surface area contributed by atoms with E-state index < -0.39 is 0 Å². The van der Waals surface area contributed by atoms with Gasteiger partial charge in [0.2, 0.25) is 11.9 Å². The number of carbonyl (C=O) groups is 1. The maximum absolute atomic E-state index is 12.0. The number of para-hydroxylation sites is 1. The number of aromatic nitrogens is 4. The quantitative estimate of drug-likeness (QED) is 0.192. The van der Waals surface area contributed by atoms with Gasteiger partial charge in [0.25, 0.3) is 0 Å². The molecule has 0 radical (unpaired) electrons. The molecule has 1 saturated heterocycles. The van der Waals surface area contributed by atoms with Crippen molar-refractivity contribution in [2.24, 2.45) is 0 Å². The normalized spacial score (nSPS) is 13.6. The van der Waals surface area contributed by atoms with Gasteiger partial charge in [-0.05, 0) is 55.6 Å². The molecule has 0 aliphatic carbocycles. The largest absolute Gasteiger partial charge is 0.369 e. The lowest BCUT2D eigenvalue weighted by Gasteiger charge is -2.34. The van der Waals surface area contributed by atoms with Crippen LogP contribution in [0.2, 0.25) is 0 Å². The van der Waals surface area contributed by atoms with Crippen LogP contribution in [0.5, 0.6) is 0 Å². The number of piperazine rings is 1. The van der Waals surface area contributed by atoms with E-state index in [9.17, 15) is 4.79 Å². The Morgan fingerprint density at radius 1 is 0.878 bits per heavy atom. The van der Waals surface area contributed by atoms with Gasteiger partial charge in [0.15, 0.2) is 11.5 Å². The fourth-order valence-electron chi connectivity index (χ4n) is 4.86. The Bertz CT molecular complexity index is 1690. The van der Waals surface area contributed by atoms with Crippen molar-refractivity contribution in [2.45, 2.75) is 0 Å². The summed E-state index contributed by atoms with van der Waals surface area (Å²) in [5.41, 5.74) is 5.61. The van der Waals surface area contributed by atoms with Crippen LogP contribution in [0.15, 0.2) is 91.5 Å². The average molecular weight is 546 g/mol. The standard InChI is InChI=1S/C31H31N9O/c1-3-26(41)32-23-12-7-9-21(19-23)28-27-29(33-22-10-5-4-6-11-22)37-38-30(27)36-31(35-28)34-24-13-8-14-25(20-24)40-17-15-39(2)16-18-40/h3-14,19-20H,1,15-18H2,2H3,(H,32,41)(H3,33,34,35,36,37,38). The Morgan fingerprint density at radius 3 is 2.44 bits per heavy atom. The van der Waals surface area contributed by atoms with E-state index in [4.69, 9.17) is 9.97 Å². The van der Waals surface area contributed by atoms with Gasteiger partial charge in [0.1, 0.15) is 0 Å². The summed E-state index contributed by atoms with van der Waals surface area (Å²) in [7, 11) is 2.15. The summed E-state index contributed by atoms with van der Waals surface area (Å²) in [6.07, 6.45) is 1.24. The first-order valence-corrected chi connectivity index (χ1v) is 13.5. The molecule has 1 amide bonds. The predicted molar refractivity (Wildman–Crippen MR) is 165 cm³/mol. The molecule has 0 unspecified atom stereocenters. The minimum absolute atomic E-state index is 0.285. The monoisotopic (exact) mass is 545 g/mol. The third-order valence-electron chi connectivity index (χ3n) is 7.02. The molecular weight excluding hydrogens is 514 g/mol. The van der Waals surface area contributed by atoms with Crippen LogP contribution in [0, 0.1) is 0 Å². The Balaban J connectivity index is 1.39. The van der Waals surface area contributed by atoms with Crippen molar-refractivity contribution in [2.75, 3.05) is 54.1 Å². The highest BCUT2D eigenvalue weighted by Gasteiger charge is 2.19. The Morgan fingerprint density at radius 2 is 1.63 bits per heavy atom. The molecule has 2 aromatic heterocycles. The number of likely N-dealkylation sites (N-methyl/N-ethyl adjacent to an activating group) is 1. The molecule has 10 nitrogen and oxygen atoms in total. The summed E-state index contributed by atoms with van der Waals surface area (Å²) in [6, 6.07) is 25.6. The van der Waals surface area contributed by atoms with Crippen molar-refractivity contribution in [1.29, 1.82) is 0 Å². The first-order chi connectivity index (χ1) is 20.1. The van der Waals surface area contributed by atoms with E-state index in [1.807, 2.05) is 66.7 Å². The van der Waals surface area contributed by atoms with E-state index in [1.165, 1.54) is 6.08 Å². The molecular formula is C31H31N9O. The van der Waals surface area contributed by atoms with Crippen LogP contribution in [0.3, 0.4) is 0 Å². The number of nitrogens with one attached hydrogen (secondary N) is 4. The number of rotatable bonds is 8. The Hall–Kier alpha value is -5.22. The molecule has 0 saturated carbocycles. The second kappa shape index (κ2) is 11.5. The molecule has 1 fully saturated rings. The van der Waals surface area contributed by atoms with E-state index in [2.05, 4.69) is 61.7 Å². The van der Waals surface area contributed by atoms with Crippen LogP contribution < -0.4 is 20.9 Å². The number of aromatic amines is 1. The highest BCUT2D eigenvalue weighted by molar-refractivity contribution is 6.02. The number of fused-ring (bicyclic) bond motifs is 1. The van der Waals surface area contributed by atoms with Gasteiger partial charge < -0.3 is 25.8 Å². The zero-order valence-corrected chi connectivity index (χ0v) is 22.8. The van der Waals surface area contributed by atoms with Gasteiger partial charge in [-0.25, -0.2) is 4.98 Å². The van der Waals surface area contributed by atoms with E-state index in [0.717, 1.165) is 54.2 Å². The van der Waals surface area contributed by atoms with Gasteiger partial charge in [-0.3, -0.25) is 9.89 Å². The number of hydrogen-bond acceptors (Lipinski definition) is 8. The Labute approximate surface area is 238 Å². The number of anilines is 6. The van der Waals surface area contributed by atoms with Gasteiger partial charge in [0, 0.05) is 54.5 Å². The third kappa shape index (κ3) is 5.87. The molecule has 41 heavy (non-hydrogen) atoms. The van der Waals surface area contributed by atoms with Crippen molar-refractivity contribution in [3.05, 3.63) is 91.5 Å². The summed E-state index contributed by atoms with van der Waals surface area (Å²) >= 11 is 0. The number of H-pyrrole nitrogens is 1. The minimum Gasteiger partial charge on any atom is -0.369 e. The van der Waals surface area contributed by atoms with Crippen molar-refractivity contribution >= 4 is 51.5 Å². The van der Waals surface area contributed by atoms with Crippen LogP contribution in [0.1, 0.15) is 0 Å². The maximum Gasteiger partial charge on any atom is 0.247 e. The molecule has 1 aliphatic heterocycles. The summed E-state index contributed by atoms with van der Waals surface area (Å²) in [4.78, 5) is 26.4. The second-order valence-electron chi connectivity index (χ2n) is 9.92. The first kappa shape index (κ1) is 26.0. The van der Waals surface area contributed by atoms with Gasteiger partial charge >= 0.3 is 0 Å². The van der Waals surface area contributed by atoms with E-state index in [0.29, 0.717) is 28.8 Å². The smallest absolute Gasteiger partial charge is 0.247 e. The van der Waals surface area contributed by atoms with Gasteiger partial charge in [0.05, 0.1) is 11.1 Å². The molecule has 10 heteroatoms. The zero-order valence-electron chi connectivity index (χ0n) is 22.8. The van der Waals surface area contributed by atoms with Crippen molar-refractivity contribution in [1.82, 2.24) is 25.1 Å². The van der Waals surface area contributed by atoms with Crippen LogP contribution >= 0.6 is 0 Å². The summed E-state index contributed by atoms with van der Waals surface area (Å²) < 4.78 is 0. The number of carbonyl (C=O) groups excluding carboxylic acids is 1. The maximum atomic E-state index is 12.0. The topological polar surface area (TPSA) is 114 Å². The summed E-state index contributed by atoms with van der Waals surface area (Å²) in [5.74, 6) is 0.746. The highest BCUT2D eigenvalue weighted by Crippen LogP contribution is 2.34. The van der Waals surface area contributed by atoms with Crippen molar-refractivity contribution in [3.63, 3.8) is 0 Å². The lowest BCUT2D eigenvalue weighted by atomic mass is 10.1. The van der Waals surface area contributed by atoms with Crippen LogP contribution in [-0.2, 0) is 4.79 Å².